The predicted molar refractivity (Wildman–Crippen MR) is 82.1 cm³/mol. The van der Waals surface area contributed by atoms with Crippen LogP contribution in [-0.4, -0.2) is 11.7 Å². The zero-order valence-electron chi connectivity index (χ0n) is 12.8. The van der Waals surface area contributed by atoms with Gasteiger partial charge in [-0.2, -0.15) is 0 Å². The van der Waals surface area contributed by atoms with Gasteiger partial charge in [-0.15, -0.1) is 0 Å². The van der Waals surface area contributed by atoms with Gasteiger partial charge in [0.05, 0.1) is 0 Å². The molecule has 19 heavy (non-hydrogen) atoms. The number of benzene rings is 1. The number of hydrogen-bond donors (Lipinski definition) is 2. The summed E-state index contributed by atoms with van der Waals surface area (Å²) in [6.07, 6.45) is 6.91. The second-order valence-corrected chi connectivity index (χ2v) is 6.11. The van der Waals surface area contributed by atoms with E-state index in [1.165, 1.54) is 48.9 Å². The van der Waals surface area contributed by atoms with Crippen molar-refractivity contribution < 1.29 is 5.11 Å². The maximum Gasteiger partial charge on any atom is 0.122 e. The first kappa shape index (κ1) is 14.2. The number of rotatable bonds is 3. The molecule has 106 valence electrons. The molecule has 2 heteroatoms. The third kappa shape index (κ3) is 2.88. The van der Waals surface area contributed by atoms with E-state index in [0.717, 1.165) is 23.6 Å². The van der Waals surface area contributed by atoms with E-state index >= 15 is 0 Å². The van der Waals surface area contributed by atoms with Crippen LogP contribution in [0.2, 0.25) is 0 Å². The zero-order chi connectivity index (χ0) is 14.0. The monoisotopic (exact) mass is 261 g/mol. The molecule has 0 saturated heterocycles. The maximum absolute atomic E-state index is 10.1. The number of phenolic OH excluding ortho intramolecular Hbond substituents is 1. The quantitative estimate of drug-likeness (QED) is 0.778. The summed E-state index contributed by atoms with van der Waals surface area (Å²) in [6, 6.07) is 0. The minimum absolute atomic E-state index is 0.457. The van der Waals surface area contributed by atoms with Gasteiger partial charge in [0.2, 0.25) is 0 Å². The molecule has 0 heterocycles. The fraction of sp³-hybridized carbons (Fsp3) is 0.647. The zero-order valence-corrected chi connectivity index (χ0v) is 12.8. The molecule has 1 fully saturated rings. The molecule has 0 unspecified atom stereocenters. The molecule has 2 N–H and O–H groups in total. The number of hydrogen-bond acceptors (Lipinski definition) is 2. The number of nitrogens with one attached hydrogen (secondary N) is 1. The van der Waals surface area contributed by atoms with Crippen molar-refractivity contribution in [2.24, 2.45) is 5.92 Å². The summed E-state index contributed by atoms with van der Waals surface area (Å²) in [6.45, 7) is 9.28. The summed E-state index contributed by atoms with van der Waals surface area (Å²) in [7, 11) is 0. The minimum atomic E-state index is 0.457. The minimum Gasteiger partial charge on any atom is -0.507 e. The van der Waals surface area contributed by atoms with E-state index in [-0.39, 0.29) is 0 Å². The molecule has 1 aromatic rings. The molecule has 1 aliphatic rings. The van der Waals surface area contributed by atoms with Gasteiger partial charge < -0.3 is 10.4 Å². The lowest BCUT2D eigenvalue weighted by Crippen LogP contribution is -2.18. The topological polar surface area (TPSA) is 32.3 Å². The van der Waals surface area contributed by atoms with Crippen LogP contribution < -0.4 is 5.32 Å². The third-order valence-corrected chi connectivity index (χ3v) is 4.88. The van der Waals surface area contributed by atoms with Gasteiger partial charge in [-0.3, -0.25) is 0 Å². The molecular weight excluding hydrogens is 234 g/mol. The van der Waals surface area contributed by atoms with Crippen molar-refractivity contribution in [3.05, 3.63) is 22.3 Å². The molecule has 1 aliphatic carbocycles. The van der Waals surface area contributed by atoms with Crippen molar-refractivity contribution in [3.8, 4) is 5.75 Å². The van der Waals surface area contributed by atoms with Crippen LogP contribution in [-0.2, 0) is 0 Å². The van der Waals surface area contributed by atoms with E-state index in [0.29, 0.717) is 5.75 Å². The average molecular weight is 261 g/mol. The van der Waals surface area contributed by atoms with Crippen LogP contribution in [0, 0.1) is 33.6 Å². The van der Waals surface area contributed by atoms with Gasteiger partial charge >= 0.3 is 0 Å². The van der Waals surface area contributed by atoms with Crippen molar-refractivity contribution in [2.75, 3.05) is 11.9 Å². The van der Waals surface area contributed by atoms with E-state index < -0.39 is 0 Å². The van der Waals surface area contributed by atoms with Gasteiger partial charge in [-0.25, -0.2) is 0 Å². The van der Waals surface area contributed by atoms with Crippen molar-refractivity contribution in [1.82, 2.24) is 0 Å². The molecule has 2 rings (SSSR count). The normalized spacial score (nSPS) is 16.6. The van der Waals surface area contributed by atoms with E-state index in [9.17, 15) is 5.11 Å². The Morgan fingerprint density at radius 1 is 0.895 bits per heavy atom. The van der Waals surface area contributed by atoms with Crippen LogP contribution in [0.4, 0.5) is 5.69 Å². The second-order valence-electron chi connectivity index (χ2n) is 6.11. The first-order valence-electron chi connectivity index (χ1n) is 7.55. The van der Waals surface area contributed by atoms with Gasteiger partial charge in [0, 0.05) is 12.2 Å². The largest absolute Gasteiger partial charge is 0.507 e. The smallest absolute Gasteiger partial charge is 0.122 e. The highest BCUT2D eigenvalue weighted by Gasteiger charge is 2.17. The van der Waals surface area contributed by atoms with Gasteiger partial charge in [0.15, 0.2) is 0 Å². The van der Waals surface area contributed by atoms with Crippen LogP contribution in [0.1, 0.15) is 54.4 Å². The van der Waals surface area contributed by atoms with Crippen LogP contribution in [0.15, 0.2) is 0 Å². The van der Waals surface area contributed by atoms with Crippen molar-refractivity contribution >= 4 is 5.69 Å². The molecule has 1 saturated carbocycles. The molecule has 0 atom stereocenters. The predicted octanol–water partition coefficient (Wildman–Crippen LogP) is 4.62. The second kappa shape index (κ2) is 5.85. The summed E-state index contributed by atoms with van der Waals surface area (Å²) < 4.78 is 0. The van der Waals surface area contributed by atoms with E-state index in [1.807, 2.05) is 13.8 Å². The Morgan fingerprint density at radius 2 is 1.42 bits per heavy atom. The molecule has 0 amide bonds. The summed E-state index contributed by atoms with van der Waals surface area (Å²) in [4.78, 5) is 0. The van der Waals surface area contributed by atoms with Gasteiger partial charge in [0.1, 0.15) is 5.75 Å². The van der Waals surface area contributed by atoms with Crippen LogP contribution in [0.25, 0.3) is 0 Å². The van der Waals surface area contributed by atoms with Crippen LogP contribution in [0.5, 0.6) is 5.75 Å². The number of aromatic hydroxyl groups is 1. The maximum atomic E-state index is 10.1. The van der Waals surface area contributed by atoms with E-state index in [1.54, 1.807) is 0 Å². The highest BCUT2D eigenvalue weighted by Crippen LogP contribution is 2.35. The van der Waals surface area contributed by atoms with Crippen molar-refractivity contribution in [1.29, 1.82) is 0 Å². The molecular formula is C17H27NO. The third-order valence-electron chi connectivity index (χ3n) is 4.88. The molecule has 0 aliphatic heterocycles. The van der Waals surface area contributed by atoms with Crippen molar-refractivity contribution in [3.63, 3.8) is 0 Å². The number of anilines is 1. The first-order valence-corrected chi connectivity index (χ1v) is 7.55. The first-order chi connectivity index (χ1) is 9.02. The van der Waals surface area contributed by atoms with E-state index in [4.69, 9.17) is 0 Å². The highest BCUT2D eigenvalue weighted by molar-refractivity contribution is 5.66. The standard InChI is InChI=1S/C17H27NO/c1-11-13(3)17(19)14(4)12(2)16(11)18-10-15-8-6-5-7-9-15/h15,18-19H,5-10H2,1-4H3. The molecule has 0 aromatic heterocycles. The Hall–Kier alpha value is -1.18. The van der Waals surface area contributed by atoms with Gasteiger partial charge in [0.25, 0.3) is 0 Å². The van der Waals surface area contributed by atoms with Gasteiger partial charge in [-0.05, 0) is 68.7 Å². The van der Waals surface area contributed by atoms with E-state index in [2.05, 4.69) is 19.2 Å². The molecule has 0 spiro atoms. The summed E-state index contributed by atoms with van der Waals surface area (Å²) >= 11 is 0. The number of phenols is 1. The summed E-state index contributed by atoms with van der Waals surface area (Å²) in [5.74, 6) is 1.28. The van der Waals surface area contributed by atoms with Crippen LogP contribution >= 0.6 is 0 Å². The fourth-order valence-corrected chi connectivity index (χ4v) is 3.20. The van der Waals surface area contributed by atoms with Crippen LogP contribution in [0.3, 0.4) is 0 Å². The lowest BCUT2D eigenvalue weighted by molar-refractivity contribution is 0.373. The molecule has 0 bridgehead atoms. The van der Waals surface area contributed by atoms with Gasteiger partial charge in [-0.1, -0.05) is 19.3 Å². The Balaban J connectivity index is 2.15. The summed E-state index contributed by atoms with van der Waals surface area (Å²) in [5, 5.41) is 13.7. The fourth-order valence-electron chi connectivity index (χ4n) is 3.20. The molecule has 1 aromatic carbocycles. The van der Waals surface area contributed by atoms with Crippen molar-refractivity contribution in [2.45, 2.75) is 59.8 Å². The molecule has 2 nitrogen and oxygen atoms in total. The Kier molecular flexibility index (Phi) is 4.38. The lowest BCUT2D eigenvalue weighted by atomic mass is 9.89. The molecule has 0 radical (unpaired) electrons. The Morgan fingerprint density at radius 3 is 1.95 bits per heavy atom. The lowest BCUT2D eigenvalue weighted by Gasteiger charge is -2.25. The highest BCUT2D eigenvalue weighted by atomic mass is 16.3. The summed E-state index contributed by atoms with van der Waals surface area (Å²) in [5.41, 5.74) is 5.63. The Bertz CT molecular complexity index is 430. The Labute approximate surface area is 117 Å². The SMILES string of the molecule is Cc1c(C)c(NCC2CCCCC2)c(C)c(C)c1O. The average Bonchev–Trinajstić information content (AvgIpc) is 2.44.